The standard InChI is InChI=1S/C8H7BrCl2/c1-5-2-3-7(11)8(9)6(5)4-10/h2-3H,4H2,1H3. The van der Waals surface area contributed by atoms with Gasteiger partial charge in [-0.05, 0) is 40.0 Å². The van der Waals surface area contributed by atoms with Crippen LogP contribution < -0.4 is 0 Å². The molecule has 0 aliphatic carbocycles. The third kappa shape index (κ3) is 1.90. The largest absolute Gasteiger partial charge is 0.121 e. The van der Waals surface area contributed by atoms with Gasteiger partial charge in [0.25, 0.3) is 0 Å². The third-order valence-electron chi connectivity index (χ3n) is 1.56. The lowest BCUT2D eigenvalue weighted by Gasteiger charge is -2.05. The molecule has 0 radical (unpaired) electrons. The van der Waals surface area contributed by atoms with Crippen molar-refractivity contribution in [1.82, 2.24) is 0 Å². The van der Waals surface area contributed by atoms with E-state index in [2.05, 4.69) is 15.9 Å². The topological polar surface area (TPSA) is 0 Å². The summed E-state index contributed by atoms with van der Waals surface area (Å²) in [5.41, 5.74) is 2.23. The van der Waals surface area contributed by atoms with Crippen LogP contribution in [0.4, 0.5) is 0 Å². The van der Waals surface area contributed by atoms with Gasteiger partial charge >= 0.3 is 0 Å². The van der Waals surface area contributed by atoms with E-state index < -0.39 is 0 Å². The number of halogens is 3. The molecule has 1 aromatic rings. The second-order valence-corrected chi connectivity index (χ2v) is 3.76. The molecular formula is C8H7BrCl2. The van der Waals surface area contributed by atoms with Crippen LogP contribution in [0, 0.1) is 6.92 Å². The van der Waals surface area contributed by atoms with Gasteiger partial charge in [-0.25, -0.2) is 0 Å². The van der Waals surface area contributed by atoms with E-state index in [1.807, 2.05) is 19.1 Å². The lowest BCUT2D eigenvalue weighted by Crippen LogP contribution is -1.86. The predicted molar refractivity (Wildman–Crippen MR) is 53.4 cm³/mol. The quantitative estimate of drug-likeness (QED) is 0.660. The van der Waals surface area contributed by atoms with Gasteiger partial charge in [0, 0.05) is 10.4 Å². The number of hydrogen-bond donors (Lipinski definition) is 0. The van der Waals surface area contributed by atoms with Crippen LogP contribution in [0.1, 0.15) is 11.1 Å². The highest BCUT2D eigenvalue weighted by molar-refractivity contribution is 9.10. The molecule has 3 heteroatoms. The van der Waals surface area contributed by atoms with Crippen LogP contribution >= 0.6 is 39.1 Å². The summed E-state index contributed by atoms with van der Waals surface area (Å²) in [6.07, 6.45) is 0. The Morgan fingerprint density at radius 1 is 1.45 bits per heavy atom. The van der Waals surface area contributed by atoms with Crippen LogP contribution in [0.2, 0.25) is 5.02 Å². The Labute approximate surface area is 84.6 Å². The van der Waals surface area contributed by atoms with E-state index in [0.29, 0.717) is 10.9 Å². The Kier molecular flexibility index (Phi) is 3.23. The molecule has 1 aromatic carbocycles. The van der Waals surface area contributed by atoms with Gasteiger partial charge in [0.05, 0.1) is 5.02 Å². The Morgan fingerprint density at radius 2 is 2.09 bits per heavy atom. The van der Waals surface area contributed by atoms with Gasteiger partial charge in [0.2, 0.25) is 0 Å². The Balaban J connectivity index is 3.29. The Bertz CT molecular complexity index is 271. The number of benzene rings is 1. The molecule has 0 aliphatic rings. The molecule has 0 amide bonds. The molecule has 0 saturated heterocycles. The first-order valence-corrected chi connectivity index (χ1v) is 4.86. The summed E-state index contributed by atoms with van der Waals surface area (Å²) in [7, 11) is 0. The molecule has 0 unspecified atom stereocenters. The molecule has 0 aliphatic heterocycles. The maximum absolute atomic E-state index is 5.86. The first-order chi connectivity index (χ1) is 5.16. The summed E-state index contributed by atoms with van der Waals surface area (Å²) in [6, 6.07) is 3.82. The fourth-order valence-corrected chi connectivity index (χ4v) is 2.12. The first-order valence-electron chi connectivity index (χ1n) is 3.16. The van der Waals surface area contributed by atoms with Crippen molar-refractivity contribution in [3.8, 4) is 0 Å². The SMILES string of the molecule is Cc1ccc(Cl)c(Br)c1CCl. The molecular weight excluding hydrogens is 247 g/mol. The Hall–Kier alpha value is 0.280. The summed E-state index contributed by atoms with van der Waals surface area (Å²) in [5, 5.41) is 0.714. The van der Waals surface area contributed by atoms with Crippen LogP contribution in [0.3, 0.4) is 0 Å². The van der Waals surface area contributed by atoms with E-state index in [9.17, 15) is 0 Å². The molecule has 0 spiro atoms. The van der Waals surface area contributed by atoms with Gasteiger partial charge in [0.1, 0.15) is 0 Å². The molecule has 0 bridgehead atoms. The molecule has 60 valence electrons. The number of alkyl halides is 1. The molecule has 1 rings (SSSR count). The molecule has 0 fully saturated rings. The smallest absolute Gasteiger partial charge is 0.0551 e. The second kappa shape index (κ2) is 3.79. The van der Waals surface area contributed by atoms with Gasteiger partial charge in [-0.15, -0.1) is 11.6 Å². The van der Waals surface area contributed by atoms with E-state index in [-0.39, 0.29) is 0 Å². The highest BCUT2D eigenvalue weighted by Crippen LogP contribution is 2.29. The normalized spacial score (nSPS) is 10.2. The monoisotopic (exact) mass is 252 g/mol. The Morgan fingerprint density at radius 3 is 2.55 bits per heavy atom. The van der Waals surface area contributed by atoms with Crippen molar-refractivity contribution in [2.45, 2.75) is 12.8 Å². The zero-order chi connectivity index (χ0) is 8.43. The van der Waals surface area contributed by atoms with E-state index in [4.69, 9.17) is 23.2 Å². The predicted octanol–water partition coefficient (Wildman–Crippen LogP) is 4.15. The van der Waals surface area contributed by atoms with Gasteiger partial charge in [-0.3, -0.25) is 0 Å². The second-order valence-electron chi connectivity index (χ2n) is 2.29. The summed E-state index contributed by atoms with van der Waals surface area (Å²) in [6.45, 7) is 2.01. The minimum atomic E-state index is 0.493. The number of rotatable bonds is 1. The minimum Gasteiger partial charge on any atom is -0.121 e. The van der Waals surface area contributed by atoms with Crippen LogP contribution in [0.15, 0.2) is 16.6 Å². The highest BCUT2D eigenvalue weighted by atomic mass is 79.9. The zero-order valence-corrected chi connectivity index (χ0v) is 9.09. The lowest BCUT2D eigenvalue weighted by atomic mass is 10.1. The number of hydrogen-bond acceptors (Lipinski definition) is 0. The summed E-state index contributed by atoms with van der Waals surface area (Å²) in [4.78, 5) is 0. The maximum atomic E-state index is 5.86. The van der Waals surface area contributed by atoms with Crippen LogP contribution in [0.25, 0.3) is 0 Å². The highest BCUT2D eigenvalue weighted by Gasteiger charge is 2.05. The fraction of sp³-hybridized carbons (Fsp3) is 0.250. The first kappa shape index (κ1) is 9.37. The van der Waals surface area contributed by atoms with E-state index >= 15 is 0 Å². The summed E-state index contributed by atoms with van der Waals surface area (Å²) in [5.74, 6) is 0.493. The van der Waals surface area contributed by atoms with Gasteiger partial charge in [-0.1, -0.05) is 17.7 Å². The van der Waals surface area contributed by atoms with Crippen molar-refractivity contribution >= 4 is 39.1 Å². The van der Waals surface area contributed by atoms with Crippen molar-refractivity contribution in [2.75, 3.05) is 0 Å². The molecule has 0 nitrogen and oxygen atoms in total. The molecule has 0 heterocycles. The maximum Gasteiger partial charge on any atom is 0.0551 e. The van der Waals surface area contributed by atoms with Gasteiger partial charge in [0.15, 0.2) is 0 Å². The fourth-order valence-electron chi connectivity index (χ4n) is 0.853. The minimum absolute atomic E-state index is 0.493. The lowest BCUT2D eigenvalue weighted by molar-refractivity contribution is 1.28. The molecule has 0 N–H and O–H groups in total. The van der Waals surface area contributed by atoms with Crippen molar-refractivity contribution in [3.05, 3.63) is 32.8 Å². The van der Waals surface area contributed by atoms with Crippen molar-refractivity contribution < 1.29 is 0 Å². The van der Waals surface area contributed by atoms with Gasteiger partial charge in [-0.2, -0.15) is 0 Å². The van der Waals surface area contributed by atoms with Gasteiger partial charge < -0.3 is 0 Å². The molecule has 0 aromatic heterocycles. The van der Waals surface area contributed by atoms with Crippen molar-refractivity contribution in [1.29, 1.82) is 0 Å². The average molecular weight is 254 g/mol. The van der Waals surface area contributed by atoms with E-state index in [1.165, 1.54) is 0 Å². The van der Waals surface area contributed by atoms with Crippen LogP contribution in [-0.4, -0.2) is 0 Å². The average Bonchev–Trinajstić information content (AvgIpc) is 1.99. The van der Waals surface area contributed by atoms with Crippen LogP contribution in [-0.2, 0) is 5.88 Å². The van der Waals surface area contributed by atoms with Crippen LogP contribution in [0.5, 0.6) is 0 Å². The molecule has 0 saturated carbocycles. The van der Waals surface area contributed by atoms with E-state index in [1.54, 1.807) is 0 Å². The number of aryl methyl sites for hydroxylation is 1. The third-order valence-corrected chi connectivity index (χ3v) is 3.28. The van der Waals surface area contributed by atoms with Crippen molar-refractivity contribution in [3.63, 3.8) is 0 Å². The molecule has 11 heavy (non-hydrogen) atoms. The molecule has 0 atom stereocenters. The summed E-state index contributed by atoms with van der Waals surface area (Å²) >= 11 is 15.0. The van der Waals surface area contributed by atoms with E-state index in [0.717, 1.165) is 15.6 Å². The zero-order valence-electron chi connectivity index (χ0n) is 6.00. The summed E-state index contributed by atoms with van der Waals surface area (Å²) < 4.78 is 0.911. The van der Waals surface area contributed by atoms with Crippen molar-refractivity contribution in [2.24, 2.45) is 0 Å².